The highest BCUT2D eigenvalue weighted by molar-refractivity contribution is 5.78. The number of nitrogens with zero attached hydrogens (tertiary/aromatic N) is 1. The van der Waals surface area contributed by atoms with Crippen molar-refractivity contribution in [3.8, 4) is 0 Å². The smallest absolute Gasteiger partial charge is 0.225 e. The average molecular weight is 226 g/mol. The van der Waals surface area contributed by atoms with Gasteiger partial charge < -0.3 is 10.2 Å². The highest BCUT2D eigenvalue weighted by Gasteiger charge is 2.27. The van der Waals surface area contributed by atoms with Crippen molar-refractivity contribution in [3.63, 3.8) is 0 Å². The van der Waals surface area contributed by atoms with Crippen LogP contribution < -0.4 is 5.32 Å². The first-order valence-corrected chi connectivity index (χ1v) is 6.32. The van der Waals surface area contributed by atoms with Crippen LogP contribution in [0.3, 0.4) is 0 Å². The third-order valence-electron chi connectivity index (χ3n) is 2.91. The topological polar surface area (TPSA) is 32.3 Å². The van der Waals surface area contributed by atoms with Crippen LogP contribution in [0.4, 0.5) is 0 Å². The lowest BCUT2D eigenvalue weighted by atomic mass is 9.96. The van der Waals surface area contributed by atoms with Crippen molar-refractivity contribution in [1.29, 1.82) is 0 Å². The minimum absolute atomic E-state index is 0.126. The summed E-state index contributed by atoms with van der Waals surface area (Å²) in [7, 11) is 0. The van der Waals surface area contributed by atoms with E-state index >= 15 is 0 Å². The molecule has 0 aromatic heterocycles. The second-order valence-corrected chi connectivity index (χ2v) is 6.37. The van der Waals surface area contributed by atoms with E-state index in [1.165, 1.54) is 0 Å². The molecule has 1 fully saturated rings. The molecule has 16 heavy (non-hydrogen) atoms. The Bertz CT molecular complexity index is 243. The molecule has 1 rings (SSSR count). The van der Waals surface area contributed by atoms with Gasteiger partial charge in [-0.05, 0) is 11.8 Å². The summed E-state index contributed by atoms with van der Waals surface area (Å²) < 4.78 is 0. The standard InChI is InChI=1S/C13H26N2O/c1-10(2)12(16)15-7-6-11(8-15)14-9-13(3,4)5/h10-11,14H,6-9H2,1-5H3. The Morgan fingerprint density at radius 3 is 2.56 bits per heavy atom. The van der Waals surface area contributed by atoms with Crippen LogP contribution in [0.25, 0.3) is 0 Å². The number of hydrogen-bond acceptors (Lipinski definition) is 2. The Hall–Kier alpha value is -0.570. The maximum Gasteiger partial charge on any atom is 0.225 e. The summed E-state index contributed by atoms with van der Waals surface area (Å²) >= 11 is 0. The normalized spacial score (nSPS) is 21.9. The third-order valence-corrected chi connectivity index (χ3v) is 2.91. The molecular weight excluding hydrogens is 200 g/mol. The van der Waals surface area contributed by atoms with Gasteiger partial charge in [0.1, 0.15) is 0 Å². The first-order chi connectivity index (χ1) is 7.29. The molecule has 3 heteroatoms. The quantitative estimate of drug-likeness (QED) is 0.797. The van der Waals surface area contributed by atoms with Crippen molar-refractivity contribution in [3.05, 3.63) is 0 Å². The van der Waals surface area contributed by atoms with Crippen LogP contribution in [0.2, 0.25) is 0 Å². The van der Waals surface area contributed by atoms with Gasteiger partial charge in [0, 0.05) is 31.6 Å². The van der Waals surface area contributed by atoms with E-state index < -0.39 is 0 Å². The lowest BCUT2D eigenvalue weighted by Crippen LogP contribution is -2.39. The minimum Gasteiger partial charge on any atom is -0.341 e. The van der Waals surface area contributed by atoms with Crippen LogP contribution in [0.1, 0.15) is 41.0 Å². The number of amides is 1. The SMILES string of the molecule is CC(C)C(=O)N1CCC(NCC(C)(C)C)C1. The molecule has 0 saturated carbocycles. The summed E-state index contributed by atoms with van der Waals surface area (Å²) in [5.74, 6) is 0.418. The van der Waals surface area contributed by atoms with E-state index in [4.69, 9.17) is 0 Å². The van der Waals surface area contributed by atoms with Gasteiger partial charge in [-0.3, -0.25) is 4.79 Å². The minimum atomic E-state index is 0.126. The summed E-state index contributed by atoms with van der Waals surface area (Å²) in [6.07, 6.45) is 1.09. The molecule has 1 saturated heterocycles. The van der Waals surface area contributed by atoms with E-state index in [-0.39, 0.29) is 5.92 Å². The van der Waals surface area contributed by atoms with E-state index in [1.807, 2.05) is 18.7 Å². The molecule has 1 aliphatic heterocycles. The maximum atomic E-state index is 11.8. The Morgan fingerprint density at radius 2 is 2.06 bits per heavy atom. The molecule has 0 aromatic carbocycles. The van der Waals surface area contributed by atoms with E-state index in [0.29, 0.717) is 17.4 Å². The summed E-state index contributed by atoms with van der Waals surface area (Å²) in [6, 6.07) is 0.488. The largest absolute Gasteiger partial charge is 0.341 e. The van der Waals surface area contributed by atoms with E-state index in [2.05, 4.69) is 26.1 Å². The molecule has 1 unspecified atom stereocenters. The van der Waals surface area contributed by atoms with Crippen LogP contribution in [0.5, 0.6) is 0 Å². The van der Waals surface area contributed by atoms with Gasteiger partial charge in [0.15, 0.2) is 0 Å². The molecule has 3 nitrogen and oxygen atoms in total. The maximum absolute atomic E-state index is 11.8. The Labute approximate surface area is 99.6 Å². The van der Waals surface area contributed by atoms with Gasteiger partial charge in [-0.2, -0.15) is 0 Å². The molecule has 1 aliphatic rings. The molecule has 94 valence electrons. The number of carbonyl (C=O) groups excluding carboxylic acids is 1. The predicted octanol–water partition coefficient (Wildman–Crippen LogP) is 1.88. The fourth-order valence-electron chi connectivity index (χ4n) is 1.94. The van der Waals surface area contributed by atoms with E-state index in [0.717, 1.165) is 26.1 Å². The molecule has 0 aliphatic carbocycles. The summed E-state index contributed by atoms with van der Waals surface area (Å²) in [4.78, 5) is 13.8. The van der Waals surface area contributed by atoms with Crippen LogP contribution in [0, 0.1) is 11.3 Å². The van der Waals surface area contributed by atoms with E-state index in [9.17, 15) is 4.79 Å². The van der Waals surface area contributed by atoms with E-state index in [1.54, 1.807) is 0 Å². The van der Waals surface area contributed by atoms with Gasteiger partial charge >= 0.3 is 0 Å². The lowest BCUT2D eigenvalue weighted by Gasteiger charge is -2.23. The summed E-state index contributed by atoms with van der Waals surface area (Å²) in [6.45, 7) is 13.4. The summed E-state index contributed by atoms with van der Waals surface area (Å²) in [5.41, 5.74) is 0.315. The van der Waals surface area contributed by atoms with Crippen LogP contribution in [0.15, 0.2) is 0 Å². The number of nitrogens with one attached hydrogen (secondary N) is 1. The van der Waals surface area contributed by atoms with Gasteiger partial charge in [0.2, 0.25) is 5.91 Å². The van der Waals surface area contributed by atoms with Gasteiger partial charge in [0.05, 0.1) is 0 Å². The second kappa shape index (κ2) is 5.17. The Morgan fingerprint density at radius 1 is 1.44 bits per heavy atom. The number of carbonyl (C=O) groups is 1. The van der Waals surface area contributed by atoms with Crippen LogP contribution >= 0.6 is 0 Å². The lowest BCUT2D eigenvalue weighted by molar-refractivity contribution is -0.133. The number of likely N-dealkylation sites (tertiary alicyclic amines) is 1. The first kappa shape index (κ1) is 13.5. The van der Waals surface area contributed by atoms with Crippen molar-refractivity contribution in [2.75, 3.05) is 19.6 Å². The number of rotatable bonds is 3. The molecule has 0 spiro atoms. The highest BCUT2D eigenvalue weighted by Crippen LogP contribution is 2.15. The molecule has 1 atom stereocenters. The Balaban J connectivity index is 2.33. The van der Waals surface area contributed by atoms with Crippen molar-refractivity contribution in [2.45, 2.75) is 47.1 Å². The summed E-state index contributed by atoms with van der Waals surface area (Å²) in [5, 5.41) is 3.55. The van der Waals surface area contributed by atoms with Crippen LogP contribution in [-0.4, -0.2) is 36.5 Å². The van der Waals surface area contributed by atoms with Gasteiger partial charge in [-0.15, -0.1) is 0 Å². The van der Waals surface area contributed by atoms with Crippen LogP contribution in [-0.2, 0) is 4.79 Å². The molecule has 0 radical (unpaired) electrons. The fourth-order valence-corrected chi connectivity index (χ4v) is 1.94. The first-order valence-electron chi connectivity index (χ1n) is 6.32. The van der Waals surface area contributed by atoms with Gasteiger partial charge in [-0.1, -0.05) is 34.6 Å². The van der Waals surface area contributed by atoms with Crippen molar-refractivity contribution in [2.24, 2.45) is 11.3 Å². The van der Waals surface area contributed by atoms with Gasteiger partial charge in [-0.25, -0.2) is 0 Å². The zero-order valence-electron chi connectivity index (χ0n) is 11.3. The average Bonchev–Trinajstić information content (AvgIpc) is 2.60. The Kier molecular flexibility index (Phi) is 4.36. The molecule has 0 aromatic rings. The van der Waals surface area contributed by atoms with Crippen molar-refractivity contribution in [1.82, 2.24) is 10.2 Å². The molecule has 1 N–H and O–H groups in total. The zero-order chi connectivity index (χ0) is 12.3. The highest BCUT2D eigenvalue weighted by atomic mass is 16.2. The van der Waals surface area contributed by atoms with Gasteiger partial charge in [0.25, 0.3) is 0 Å². The molecule has 1 amide bonds. The molecular formula is C13H26N2O. The fraction of sp³-hybridized carbons (Fsp3) is 0.923. The third kappa shape index (κ3) is 4.12. The second-order valence-electron chi connectivity index (χ2n) is 6.37. The number of hydrogen-bond donors (Lipinski definition) is 1. The zero-order valence-corrected chi connectivity index (χ0v) is 11.3. The predicted molar refractivity (Wildman–Crippen MR) is 67.3 cm³/mol. The van der Waals surface area contributed by atoms with Crippen molar-refractivity contribution >= 4 is 5.91 Å². The molecule has 1 heterocycles. The monoisotopic (exact) mass is 226 g/mol. The van der Waals surface area contributed by atoms with Crippen molar-refractivity contribution < 1.29 is 4.79 Å². The molecule has 0 bridgehead atoms.